The Morgan fingerprint density at radius 3 is 2.31 bits per heavy atom. The summed E-state index contributed by atoms with van der Waals surface area (Å²) in [5, 5.41) is 10.4. The van der Waals surface area contributed by atoms with Gasteiger partial charge in [0.25, 0.3) is 0 Å². The van der Waals surface area contributed by atoms with Gasteiger partial charge >= 0.3 is 0 Å². The highest BCUT2D eigenvalue weighted by molar-refractivity contribution is 5.65. The third kappa shape index (κ3) is 1.72. The molecule has 2 rings (SSSR count). The van der Waals surface area contributed by atoms with Crippen molar-refractivity contribution in [2.24, 2.45) is 5.92 Å². The van der Waals surface area contributed by atoms with Crippen molar-refractivity contribution in [2.75, 3.05) is 0 Å². The third-order valence-electron chi connectivity index (χ3n) is 2.59. The van der Waals surface area contributed by atoms with Crippen molar-refractivity contribution in [3.8, 4) is 0 Å². The molecule has 13 heavy (non-hydrogen) atoms. The maximum absolute atomic E-state index is 10.4. The van der Waals surface area contributed by atoms with Crippen LogP contribution in [0.5, 0.6) is 0 Å². The average molecular weight is 175 g/mol. The van der Waals surface area contributed by atoms with Gasteiger partial charge in [-0.15, -0.1) is 0 Å². The molecule has 1 aliphatic rings. The highest BCUT2D eigenvalue weighted by Gasteiger charge is 2.20. The molecule has 68 valence electrons. The summed E-state index contributed by atoms with van der Waals surface area (Å²) in [6.07, 6.45) is 1.98. The molecule has 0 radical (unpaired) electrons. The van der Waals surface area contributed by atoms with Gasteiger partial charge in [-0.2, -0.15) is 0 Å². The molecule has 0 spiro atoms. The van der Waals surface area contributed by atoms with Crippen LogP contribution in [0.3, 0.4) is 0 Å². The molecule has 0 unspecified atom stereocenters. The zero-order chi connectivity index (χ0) is 9.26. The number of rotatable bonds is 2. The lowest BCUT2D eigenvalue weighted by Gasteiger charge is -2.08. The molecule has 0 N–H and O–H groups in total. The largest absolute Gasteiger partial charge is 0.550 e. The second-order valence-corrected chi connectivity index (χ2v) is 3.62. The number of carbonyl (C=O) groups is 1. The fraction of sp³-hybridized carbons (Fsp3) is 0.364. The monoisotopic (exact) mass is 175 g/mol. The highest BCUT2D eigenvalue weighted by atomic mass is 16.4. The van der Waals surface area contributed by atoms with Crippen LogP contribution in [0.25, 0.3) is 0 Å². The zero-order valence-corrected chi connectivity index (χ0v) is 7.32. The van der Waals surface area contributed by atoms with E-state index < -0.39 is 5.97 Å². The lowest BCUT2D eigenvalue weighted by molar-refractivity contribution is -0.306. The molecule has 0 bridgehead atoms. The topological polar surface area (TPSA) is 40.1 Å². The van der Waals surface area contributed by atoms with Gasteiger partial charge in [0.2, 0.25) is 0 Å². The van der Waals surface area contributed by atoms with Crippen molar-refractivity contribution in [1.82, 2.24) is 0 Å². The molecular weight excluding hydrogens is 164 g/mol. The van der Waals surface area contributed by atoms with Crippen LogP contribution in [0, 0.1) is 5.92 Å². The maximum Gasteiger partial charge on any atom is 0.0417 e. The van der Waals surface area contributed by atoms with Crippen LogP contribution in [0.15, 0.2) is 24.3 Å². The van der Waals surface area contributed by atoms with Gasteiger partial charge in [0.1, 0.15) is 0 Å². The van der Waals surface area contributed by atoms with Crippen LogP contribution in [0.1, 0.15) is 17.5 Å². The summed E-state index contributed by atoms with van der Waals surface area (Å²) < 4.78 is 0. The normalized spacial score (nSPS) is 15.7. The Bertz CT molecular complexity index is 306. The fourth-order valence-corrected chi connectivity index (χ4v) is 2.03. The van der Waals surface area contributed by atoms with Crippen molar-refractivity contribution < 1.29 is 9.90 Å². The van der Waals surface area contributed by atoms with Crippen LogP contribution < -0.4 is 5.11 Å². The van der Waals surface area contributed by atoms with Crippen molar-refractivity contribution >= 4 is 5.97 Å². The highest BCUT2D eigenvalue weighted by Crippen LogP contribution is 2.27. The Hall–Kier alpha value is -1.31. The molecule has 1 aromatic carbocycles. The lowest BCUT2D eigenvalue weighted by Crippen LogP contribution is -2.25. The molecule has 0 aromatic heterocycles. The van der Waals surface area contributed by atoms with Gasteiger partial charge in [0, 0.05) is 5.97 Å². The predicted molar refractivity (Wildman–Crippen MR) is 47.0 cm³/mol. The van der Waals surface area contributed by atoms with Crippen molar-refractivity contribution in [3.05, 3.63) is 35.4 Å². The van der Waals surface area contributed by atoms with E-state index in [2.05, 4.69) is 12.1 Å². The zero-order valence-electron chi connectivity index (χ0n) is 7.32. The minimum atomic E-state index is -0.933. The molecule has 0 amide bonds. The molecule has 0 saturated carbocycles. The number of hydrogen-bond acceptors (Lipinski definition) is 2. The number of benzene rings is 1. The first-order chi connectivity index (χ1) is 6.25. The summed E-state index contributed by atoms with van der Waals surface area (Å²) in [7, 11) is 0. The summed E-state index contributed by atoms with van der Waals surface area (Å²) in [4.78, 5) is 10.4. The molecule has 2 nitrogen and oxygen atoms in total. The molecule has 0 heterocycles. The van der Waals surface area contributed by atoms with Gasteiger partial charge in [-0.3, -0.25) is 0 Å². The van der Waals surface area contributed by atoms with Gasteiger partial charge in [-0.25, -0.2) is 0 Å². The van der Waals surface area contributed by atoms with E-state index >= 15 is 0 Å². The first kappa shape index (κ1) is 8.30. The van der Waals surface area contributed by atoms with E-state index in [1.54, 1.807) is 0 Å². The third-order valence-corrected chi connectivity index (χ3v) is 2.59. The number of carboxylic acids is 1. The quantitative estimate of drug-likeness (QED) is 0.658. The van der Waals surface area contributed by atoms with Gasteiger partial charge in [-0.05, 0) is 36.3 Å². The van der Waals surface area contributed by atoms with Gasteiger partial charge in [0.05, 0.1) is 0 Å². The van der Waals surface area contributed by atoms with Gasteiger partial charge in [-0.1, -0.05) is 24.3 Å². The molecule has 2 heteroatoms. The Morgan fingerprint density at radius 2 is 1.85 bits per heavy atom. The minimum absolute atomic E-state index is 0.189. The smallest absolute Gasteiger partial charge is 0.0417 e. The van der Waals surface area contributed by atoms with Gasteiger partial charge < -0.3 is 9.90 Å². The SMILES string of the molecule is O=C([O-])CC1Cc2ccccc2C1. The number of carbonyl (C=O) groups excluding carboxylic acids is 1. The average Bonchev–Trinajstić information content (AvgIpc) is 2.44. The van der Waals surface area contributed by atoms with E-state index in [4.69, 9.17) is 0 Å². The summed E-state index contributed by atoms with van der Waals surface area (Å²) in [6, 6.07) is 8.15. The van der Waals surface area contributed by atoms with Crippen LogP contribution in [-0.2, 0) is 17.6 Å². The molecule has 1 aliphatic carbocycles. The number of aliphatic carboxylic acids is 1. The van der Waals surface area contributed by atoms with Crippen LogP contribution in [0.4, 0.5) is 0 Å². The Kier molecular flexibility index (Phi) is 2.05. The summed E-state index contributed by atoms with van der Waals surface area (Å²) in [5.41, 5.74) is 2.60. The van der Waals surface area contributed by atoms with Crippen LogP contribution in [0.2, 0.25) is 0 Å². The molecular formula is C11H11O2-. The Morgan fingerprint density at radius 1 is 1.31 bits per heavy atom. The fourth-order valence-electron chi connectivity index (χ4n) is 2.03. The van der Waals surface area contributed by atoms with E-state index in [0.29, 0.717) is 0 Å². The Balaban J connectivity index is 2.09. The van der Waals surface area contributed by atoms with Crippen molar-refractivity contribution in [3.63, 3.8) is 0 Å². The van der Waals surface area contributed by atoms with E-state index in [0.717, 1.165) is 12.8 Å². The molecule has 0 fully saturated rings. The molecule has 0 saturated heterocycles. The standard InChI is InChI=1S/C11H12O2/c12-11(13)7-8-5-9-3-1-2-4-10(9)6-8/h1-4,8H,5-7H2,(H,12,13)/p-1. The van der Waals surface area contributed by atoms with Gasteiger partial charge in [0.15, 0.2) is 0 Å². The Labute approximate surface area is 77.2 Å². The van der Waals surface area contributed by atoms with Crippen molar-refractivity contribution in [2.45, 2.75) is 19.3 Å². The molecule has 0 atom stereocenters. The second-order valence-electron chi connectivity index (χ2n) is 3.62. The minimum Gasteiger partial charge on any atom is -0.550 e. The number of fused-ring (bicyclic) bond motifs is 1. The number of carboxylic acid groups (broad SMARTS) is 1. The number of hydrogen-bond donors (Lipinski definition) is 0. The summed E-state index contributed by atoms with van der Waals surface area (Å²) in [6.45, 7) is 0. The lowest BCUT2D eigenvalue weighted by atomic mass is 10.0. The molecule has 0 aliphatic heterocycles. The predicted octanol–water partition coefficient (Wildman–Crippen LogP) is 0.541. The summed E-state index contributed by atoms with van der Waals surface area (Å²) in [5.74, 6) is -0.680. The maximum atomic E-state index is 10.4. The van der Waals surface area contributed by atoms with Crippen LogP contribution >= 0.6 is 0 Å². The van der Waals surface area contributed by atoms with E-state index in [-0.39, 0.29) is 12.3 Å². The van der Waals surface area contributed by atoms with Crippen LogP contribution in [-0.4, -0.2) is 5.97 Å². The summed E-state index contributed by atoms with van der Waals surface area (Å²) >= 11 is 0. The van der Waals surface area contributed by atoms with E-state index in [1.807, 2.05) is 12.1 Å². The first-order valence-electron chi connectivity index (χ1n) is 4.52. The first-order valence-corrected chi connectivity index (χ1v) is 4.52. The van der Waals surface area contributed by atoms with E-state index in [9.17, 15) is 9.90 Å². The second kappa shape index (κ2) is 3.21. The van der Waals surface area contributed by atoms with Crippen molar-refractivity contribution in [1.29, 1.82) is 0 Å². The van der Waals surface area contributed by atoms with E-state index in [1.165, 1.54) is 11.1 Å². The molecule has 1 aromatic rings.